The summed E-state index contributed by atoms with van der Waals surface area (Å²) in [5.41, 5.74) is 6.75. The standard InChI is InChI=1S/C21H16Cl2FN3O2S/c22-15-10-9-12(11-16(15)23)19(27(30)21(25)29)14-6-2-4-8-18(14)26-20(28)13-5-1-3-7-17(13)24/h1-11,19,30H,(H2,25,29)(H,26,28). The molecule has 30 heavy (non-hydrogen) atoms. The van der Waals surface area contributed by atoms with Crippen LogP contribution in [0.25, 0.3) is 0 Å². The molecule has 3 aromatic carbocycles. The lowest BCUT2D eigenvalue weighted by Gasteiger charge is -2.28. The lowest BCUT2D eigenvalue weighted by atomic mass is 9.96. The first-order chi connectivity index (χ1) is 14.3. The van der Waals surface area contributed by atoms with Crippen LogP contribution < -0.4 is 11.1 Å². The van der Waals surface area contributed by atoms with Gasteiger partial charge >= 0.3 is 6.03 Å². The summed E-state index contributed by atoms with van der Waals surface area (Å²) in [6.45, 7) is 0. The normalized spacial score (nSPS) is 11.6. The van der Waals surface area contributed by atoms with Gasteiger partial charge in [-0.05, 0) is 35.9 Å². The van der Waals surface area contributed by atoms with E-state index in [1.807, 2.05) is 0 Å². The van der Waals surface area contributed by atoms with E-state index in [1.165, 1.54) is 18.2 Å². The highest BCUT2D eigenvalue weighted by Crippen LogP contribution is 2.37. The maximum Gasteiger partial charge on any atom is 0.325 e. The number of nitrogens with one attached hydrogen (secondary N) is 1. The molecular weight excluding hydrogens is 448 g/mol. The van der Waals surface area contributed by atoms with Gasteiger partial charge in [0.25, 0.3) is 5.91 Å². The van der Waals surface area contributed by atoms with Gasteiger partial charge in [0, 0.05) is 11.3 Å². The summed E-state index contributed by atoms with van der Waals surface area (Å²) in [6.07, 6.45) is 0. The number of thiol groups is 1. The molecule has 1 atom stereocenters. The number of hydrogen-bond acceptors (Lipinski definition) is 3. The third-order valence-corrected chi connectivity index (χ3v) is 5.52. The minimum absolute atomic E-state index is 0.115. The molecular formula is C21H16Cl2FN3O2S. The Hall–Kier alpha value is -2.74. The van der Waals surface area contributed by atoms with Crippen molar-refractivity contribution in [3.63, 3.8) is 0 Å². The number of carbonyl (C=O) groups excluding carboxylic acids is 2. The lowest BCUT2D eigenvalue weighted by Crippen LogP contribution is -2.32. The van der Waals surface area contributed by atoms with Crippen molar-refractivity contribution in [3.05, 3.63) is 99.3 Å². The molecule has 0 aliphatic rings. The van der Waals surface area contributed by atoms with E-state index in [1.54, 1.807) is 48.5 Å². The average Bonchev–Trinajstić information content (AvgIpc) is 2.72. The van der Waals surface area contributed by atoms with Crippen molar-refractivity contribution in [2.75, 3.05) is 5.32 Å². The minimum atomic E-state index is -0.815. The molecule has 0 spiro atoms. The number of nitrogens with two attached hydrogens (primary N) is 1. The molecule has 0 radical (unpaired) electrons. The van der Waals surface area contributed by atoms with E-state index in [2.05, 4.69) is 18.1 Å². The number of benzene rings is 3. The third-order valence-electron chi connectivity index (χ3n) is 4.35. The third kappa shape index (κ3) is 4.70. The summed E-state index contributed by atoms with van der Waals surface area (Å²) in [4.78, 5) is 24.5. The Morgan fingerprint density at radius 2 is 1.67 bits per heavy atom. The molecule has 154 valence electrons. The largest absolute Gasteiger partial charge is 0.351 e. The summed E-state index contributed by atoms with van der Waals surface area (Å²) in [5.74, 6) is -1.29. The monoisotopic (exact) mass is 463 g/mol. The number of para-hydroxylation sites is 1. The first kappa shape index (κ1) is 22.0. The number of amides is 3. The highest BCUT2D eigenvalue weighted by atomic mass is 35.5. The van der Waals surface area contributed by atoms with Crippen LogP contribution in [0.1, 0.15) is 27.5 Å². The van der Waals surface area contributed by atoms with Gasteiger partial charge in [-0.2, -0.15) is 0 Å². The van der Waals surface area contributed by atoms with Gasteiger partial charge in [-0.15, -0.1) is 0 Å². The molecule has 0 aliphatic carbocycles. The van der Waals surface area contributed by atoms with Crippen molar-refractivity contribution in [3.8, 4) is 0 Å². The van der Waals surface area contributed by atoms with Gasteiger partial charge in [0.05, 0.1) is 21.7 Å². The van der Waals surface area contributed by atoms with Crippen LogP contribution in [0.3, 0.4) is 0 Å². The Balaban J connectivity index is 2.07. The summed E-state index contributed by atoms with van der Waals surface area (Å²) >= 11 is 16.4. The molecule has 0 saturated heterocycles. The van der Waals surface area contributed by atoms with Gasteiger partial charge < -0.3 is 11.1 Å². The molecule has 3 aromatic rings. The van der Waals surface area contributed by atoms with Gasteiger partial charge in [-0.1, -0.05) is 72.4 Å². The number of carbonyl (C=O) groups is 2. The Bertz CT molecular complexity index is 1110. The summed E-state index contributed by atoms with van der Waals surface area (Å²) in [7, 11) is 0. The zero-order chi connectivity index (χ0) is 21.8. The van der Waals surface area contributed by atoms with Gasteiger partial charge in [0.15, 0.2) is 0 Å². The van der Waals surface area contributed by atoms with E-state index in [9.17, 15) is 14.0 Å². The second-order valence-electron chi connectivity index (χ2n) is 6.28. The molecule has 0 bridgehead atoms. The van der Waals surface area contributed by atoms with E-state index in [0.717, 1.165) is 4.31 Å². The van der Waals surface area contributed by atoms with Gasteiger partial charge in [-0.25, -0.2) is 9.18 Å². The molecule has 0 aliphatic heterocycles. The zero-order valence-electron chi connectivity index (χ0n) is 15.4. The first-order valence-electron chi connectivity index (χ1n) is 8.67. The van der Waals surface area contributed by atoms with Gasteiger partial charge in [0.2, 0.25) is 0 Å². The number of anilines is 1. The minimum Gasteiger partial charge on any atom is -0.351 e. The molecule has 0 aromatic heterocycles. The maximum atomic E-state index is 14.0. The number of hydrogen-bond donors (Lipinski definition) is 3. The van der Waals surface area contributed by atoms with Crippen LogP contribution in [-0.2, 0) is 0 Å². The number of nitrogens with zero attached hydrogens (tertiary/aromatic N) is 1. The van der Waals surface area contributed by atoms with Crippen LogP contribution in [0, 0.1) is 5.82 Å². The second-order valence-corrected chi connectivity index (χ2v) is 7.53. The number of halogens is 3. The van der Waals surface area contributed by atoms with E-state index in [-0.39, 0.29) is 10.6 Å². The second kappa shape index (κ2) is 9.38. The highest BCUT2D eigenvalue weighted by molar-refractivity contribution is 7.78. The first-order valence-corrected chi connectivity index (χ1v) is 9.82. The van der Waals surface area contributed by atoms with Crippen molar-refractivity contribution in [1.29, 1.82) is 0 Å². The molecule has 3 rings (SSSR count). The predicted molar refractivity (Wildman–Crippen MR) is 120 cm³/mol. The molecule has 9 heteroatoms. The van der Waals surface area contributed by atoms with E-state index in [0.29, 0.717) is 21.8 Å². The van der Waals surface area contributed by atoms with E-state index < -0.39 is 23.8 Å². The van der Waals surface area contributed by atoms with Crippen LogP contribution in [0.5, 0.6) is 0 Å². The highest BCUT2D eigenvalue weighted by Gasteiger charge is 2.27. The Kier molecular flexibility index (Phi) is 6.87. The average molecular weight is 464 g/mol. The van der Waals surface area contributed by atoms with Crippen LogP contribution in [0.4, 0.5) is 14.9 Å². The number of primary amides is 1. The maximum absolute atomic E-state index is 14.0. The van der Waals surface area contributed by atoms with Crippen molar-refractivity contribution in [1.82, 2.24) is 4.31 Å². The fraction of sp³-hybridized carbons (Fsp3) is 0.0476. The molecule has 0 fully saturated rings. The lowest BCUT2D eigenvalue weighted by molar-refractivity contribution is 0.102. The fourth-order valence-electron chi connectivity index (χ4n) is 2.95. The number of rotatable bonds is 5. The molecule has 3 amide bonds. The summed E-state index contributed by atoms with van der Waals surface area (Å²) < 4.78 is 15.0. The number of urea groups is 1. The van der Waals surface area contributed by atoms with Gasteiger partial charge in [-0.3, -0.25) is 9.10 Å². The van der Waals surface area contributed by atoms with E-state index in [4.69, 9.17) is 28.9 Å². The molecule has 1 unspecified atom stereocenters. The van der Waals surface area contributed by atoms with Crippen LogP contribution in [-0.4, -0.2) is 16.2 Å². The topological polar surface area (TPSA) is 75.4 Å². The predicted octanol–water partition coefficient (Wildman–Crippen LogP) is 5.70. The van der Waals surface area contributed by atoms with Crippen molar-refractivity contribution >= 4 is 53.6 Å². The Labute approximate surface area is 188 Å². The molecule has 5 nitrogen and oxygen atoms in total. The summed E-state index contributed by atoms with van der Waals surface area (Å²) in [6, 6.07) is 15.6. The zero-order valence-corrected chi connectivity index (χ0v) is 17.8. The van der Waals surface area contributed by atoms with E-state index >= 15 is 0 Å². The Morgan fingerprint density at radius 3 is 2.33 bits per heavy atom. The fourth-order valence-corrected chi connectivity index (χ4v) is 3.51. The Morgan fingerprint density at radius 1 is 1.00 bits per heavy atom. The quantitative estimate of drug-likeness (QED) is 0.424. The molecule has 0 saturated carbocycles. The van der Waals surface area contributed by atoms with Crippen molar-refractivity contribution in [2.45, 2.75) is 6.04 Å². The summed E-state index contributed by atoms with van der Waals surface area (Å²) in [5, 5.41) is 3.30. The molecule has 0 heterocycles. The van der Waals surface area contributed by atoms with Gasteiger partial charge in [0.1, 0.15) is 5.82 Å². The SMILES string of the molecule is NC(=O)N(S)C(c1ccc(Cl)c(Cl)c1)c1ccccc1NC(=O)c1ccccc1F. The van der Waals surface area contributed by atoms with Crippen LogP contribution >= 0.6 is 36.0 Å². The van der Waals surface area contributed by atoms with Crippen molar-refractivity contribution in [2.24, 2.45) is 5.73 Å². The van der Waals surface area contributed by atoms with Crippen LogP contribution in [0.2, 0.25) is 10.0 Å². The smallest absolute Gasteiger partial charge is 0.325 e. The van der Waals surface area contributed by atoms with Crippen molar-refractivity contribution < 1.29 is 14.0 Å². The van der Waals surface area contributed by atoms with Crippen LogP contribution in [0.15, 0.2) is 66.7 Å². The molecule has 3 N–H and O–H groups in total.